The monoisotopic (exact) mass is 824 g/mol. The molecule has 2 aromatic heterocycles. The van der Waals surface area contributed by atoms with Gasteiger partial charge in [-0.2, -0.15) is 5.10 Å². The average molecular weight is 825 g/mol. The van der Waals surface area contributed by atoms with E-state index < -0.39 is 41.8 Å². The van der Waals surface area contributed by atoms with Gasteiger partial charge in [0.25, 0.3) is 11.8 Å². The van der Waals surface area contributed by atoms with Crippen molar-refractivity contribution in [2.24, 2.45) is 0 Å². The van der Waals surface area contributed by atoms with Gasteiger partial charge in [0, 0.05) is 43.7 Å². The Hall–Kier alpha value is -7.43. The maximum Gasteiger partial charge on any atom is 0.264 e. The predicted molar refractivity (Wildman–Crippen MR) is 224 cm³/mol. The molecule has 2 fully saturated rings. The number of amides is 6. The van der Waals surface area contributed by atoms with Gasteiger partial charge in [-0.1, -0.05) is 43.7 Å². The first-order valence-electron chi connectivity index (χ1n) is 20.2. The summed E-state index contributed by atoms with van der Waals surface area (Å²) in [7, 11) is 0. The number of ether oxygens (including phenoxy) is 1. The van der Waals surface area contributed by atoms with Crippen LogP contribution in [0.15, 0.2) is 91.8 Å². The smallest absolute Gasteiger partial charge is 0.264 e. The lowest BCUT2D eigenvalue weighted by Crippen LogP contribution is -2.54. The van der Waals surface area contributed by atoms with Gasteiger partial charge in [-0.3, -0.25) is 39.0 Å². The number of anilines is 2. The highest BCUT2D eigenvalue weighted by atomic mass is 16.5. The van der Waals surface area contributed by atoms with Crippen molar-refractivity contribution in [2.75, 3.05) is 30.7 Å². The van der Waals surface area contributed by atoms with Crippen LogP contribution in [0.5, 0.6) is 11.5 Å². The highest BCUT2D eigenvalue weighted by Crippen LogP contribution is 2.37. The van der Waals surface area contributed by atoms with E-state index >= 15 is 0 Å². The number of hydrogen-bond donors (Lipinski definition) is 4. The Kier molecular flexibility index (Phi) is 11.5. The maximum atomic E-state index is 13.6. The number of carbonyl (C=O) groups excluding carboxylic acids is 6. The molecule has 61 heavy (non-hydrogen) atoms. The van der Waals surface area contributed by atoms with Crippen LogP contribution in [0.3, 0.4) is 0 Å². The van der Waals surface area contributed by atoms with Gasteiger partial charge in [0.2, 0.25) is 23.6 Å². The first kappa shape index (κ1) is 40.4. The molecule has 17 nitrogen and oxygen atoms in total. The predicted octanol–water partition coefficient (Wildman–Crippen LogP) is 4.39. The first-order chi connectivity index (χ1) is 29.6. The normalized spacial score (nSPS) is 18.6. The lowest BCUT2D eigenvalue weighted by atomic mass is 10.0. The van der Waals surface area contributed by atoms with Gasteiger partial charge in [-0.05, 0) is 73.9 Å². The Morgan fingerprint density at radius 2 is 1.66 bits per heavy atom. The van der Waals surface area contributed by atoms with E-state index in [9.17, 15) is 28.8 Å². The van der Waals surface area contributed by atoms with E-state index in [-0.39, 0.29) is 48.1 Å². The number of nitrogens with one attached hydrogen (secondary N) is 3. The Bertz CT molecular complexity index is 2540. The Morgan fingerprint density at radius 3 is 2.41 bits per heavy atom. The SMILES string of the molecule is C=CC(=O)N1C[C@@H](n2nc(-c3ccc(Oc4ccccc4)cc3)c3c(N)ncnc32)C[C@H]1C(=O)NCCCCCCNc1cccc2c1C(=O)N(C1CCC(=O)NC1=O)C2=O. The lowest BCUT2D eigenvalue weighted by molar-refractivity contribution is -0.136. The Labute approximate surface area is 350 Å². The largest absolute Gasteiger partial charge is 0.457 e. The highest BCUT2D eigenvalue weighted by Gasteiger charge is 2.46. The molecule has 3 aliphatic heterocycles. The number of piperidine rings is 1. The minimum absolute atomic E-state index is 0.0498. The fraction of sp³-hybridized carbons (Fsp3) is 0.295. The molecule has 17 heteroatoms. The highest BCUT2D eigenvalue weighted by molar-refractivity contribution is 6.25. The molecule has 3 aromatic carbocycles. The summed E-state index contributed by atoms with van der Waals surface area (Å²) in [5.41, 5.74) is 9.15. The minimum atomic E-state index is -1.03. The molecule has 5 N–H and O–H groups in total. The summed E-state index contributed by atoms with van der Waals surface area (Å²) in [6.07, 6.45) is 6.08. The summed E-state index contributed by atoms with van der Waals surface area (Å²) in [4.78, 5) is 88.5. The lowest BCUT2D eigenvalue weighted by Gasteiger charge is -2.27. The molecule has 3 aliphatic rings. The molecule has 1 unspecified atom stereocenters. The first-order valence-corrected chi connectivity index (χ1v) is 20.2. The average Bonchev–Trinajstić information content (AvgIpc) is 3.95. The molecular weight excluding hydrogens is 781 g/mol. The second kappa shape index (κ2) is 17.4. The summed E-state index contributed by atoms with van der Waals surface area (Å²) < 4.78 is 7.69. The van der Waals surface area contributed by atoms with Crippen LogP contribution in [0.25, 0.3) is 22.3 Å². The third kappa shape index (κ3) is 8.13. The maximum absolute atomic E-state index is 13.6. The van der Waals surface area contributed by atoms with Crippen molar-refractivity contribution < 1.29 is 33.5 Å². The van der Waals surface area contributed by atoms with Gasteiger partial charge in [0.15, 0.2) is 5.65 Å². The van der Waals surface area contributed by atoms with Crippen molar-refractivity contribution in [3.05, 3.63) is 103 Å². The zero-order valence-electron chi connectivity index (χ0n) is 33.2. The summed E-state index contributed by atoms with van der Waals surface area (Å²) in [5, 5.41) is 14.0. The summed E-state index contributed by atoms with van der Waals surface area (Å²) in [6.45, 7) is 4.80. The third-order valence-corrected chi connectivity index (χ3v) is 11.2. The molecule has 0 aliphatic carbocycles. The van der Waals surface area contributed by atoms with Crippen molar-refractivity contribution in [2.45, 2.75) is 63.1 Å². The molecule has 6 amide bonds. The van der Waals surface area contributed by atoms with Gasteiger partial charge in [0.1, 0.15) is 41.4 Å². The molecule has 5 aromatic rings. The van der Waals surface area contributed by atoms with Crippen LogP contribution in [0.4, 0.5) is 11.5 Å². The van der Waals surface area contributed by atoms with Crippen molar-refractivity contribution >= 4 is 58.0 Å². The van der Waals surface area contributed by atoms with Crippen LogP contribution in [0.2, 0.25) is 0 Å². The second-order valence-electron chi connectivity index (χ2n) is 15.1. The fourth-order valence-corrected chi connectivity index (χ4v) is 8.18. The van der Waals surface area contributed by atoms with Gasteiger partial charge in [0.05, 0.1) is 22.6 Å². The number of rotatable bonds is 15. The number of hydrogen-bond acceptors (Lipinski definition) is 12. The van der Waals surface area contributed by atoms with Gasteiger partial charge in [-0.15, -0.1) is 0 Å². The molecular formula is C44H44N10O7. The van der Waals surface area contributed by atoms with Crippen LogP contribution in [-0.2, 0) is 19.2 Å². The van der Waals surface area contributed by atoms with E-state index in [1.807, 2.05) is 54.6 Å². The molecule has 2 saturated heterocycles. The minimum Gasteiger partial charge on any atom is -0.457 e. The topological polar surface area (TPSA) is 224 Å². The number of fused-ring (bicyclic) bond motifs is 2. The van der Waals surface area contributed by atoms with E-state index in [1.54, 1.807) is 22.9 Å². The zero-order chi connectivity index (χ0) is 42.6. The van der Waals surface area contributed by atoms with Crippen molar-refractivity contribution in [3.8, 4) is 22.8 Å². The van der Waals surface area contributed by atoms with E-state index in [2.05, 4.69) is 32.5 Å². The molecule has 8 rings (SSSR count). The van der Waals surface area contributed by atoms with Crippen molar-refractivity contribution in [1.82, 2.24) is 40.2 Å². The molecule has 312 valence electrons. The van der Waals surface area contributed by atoms with Crippen LogP contribution < -0.4 is 26.4 Å². The number of benzene rings is 3. The van der Waals surface area contributed by atoms with E-state index in [1.165, 1.54) is 17.3 Å². The van der Waals surface area contributed by atoms with Crippen LogP contribution in [-0.4, -0.2) is 96.7 Å². The van der Waals surface area contributed by atoms with E-state index in [0.29, 0.717) is 59.8 Å². The summed E-state index contributed by atoms with van der Waals surface area (Å²) in [6, 6.07) is 19.7. The number of aromatic nitrogens is 4. The van der Waals surface area contributed by atoms with E-state index in [4.69, 9.17) is 15.6 Å². The molecule has 0 saturated carbocycles. The standard InChI is InChI=1S/C44H44N10O7/c1-2-35(56)52-24-27(54-40-37(39(45)48-25-49-40)38(51-54)26-15-17-29(18-16-26)61-28-11-6-5-7-12-28)23-33(52)41(57)47-22-9-4-3-8-21-46-31-14-10-13-30-36(31)44(60)53(43(30)59)32-19-20-34(55)50-42(32)58/h2,5-7,10-18,25,27,32-33,46H,1,3-4,8-9,19-24H2,(H,47,57)(H2,45,48,49)(H,50,55,58)/t27-,32?,33-/m0/s1. The van der Waals surface area contributed by atoms with Crippen molar-refractivity contribution in [1.29, 1.82) is 0 Å². The molecule has 3 atom stereocenters. The summed E-state index contributed by atoms with van der Waals surface area (Å²) in [5.74, 6) is -1.22. The zero-order valence-corrected chi connectivity index (χ0v) is 33.2. The number of nitrogen functional groups attached to an aromatic ring is 1. The number of likely N-dealkylation sites (tertiary alicyclic amines) is 1. The third-order valence-electron chi connectivity index (χ3n) is 11.2. The quantitative estimate of drug-likeness (QED) is 0.0656. The second-order valence-corrected chi connectivity index (χ2v) is 15.1. The van der Waals surface area contributed by atoms with Crippen molar-refractivity contribution in [3.63, 3.8) is 0 Å². The van der Waals surface area contributed by atoms with Crippen LogP contribution in [0.1, 0.15) is 71.7 Å². The number of unbranched alkanes of at least 4 members (excludes halogenated alkanes) is 3. The molecule has 0 radical (unpaired) electrons. The number of imide groups is 2. The summed E-state index contributed by atoms with van der Waals surface area (Å²) >= 11 is 0. The number of nitrogens with zero attached hydrogens (tertiary/aromatic N) is 6. The van der Waals surface area contributed by atoms with Crippen LogP contribution >= 0.6 is 0 Å². The van der Waals surface area contributed by atoms with Gasteiger partial charge >= 0.3 is 0 Å². The Morgan fingerprint density at radius 1 is 0.902 bits per heavy atom. The number of nitrogens with two attached hydrogens (primary N) is 1. The Balaban J connectivity index is 0.847. The molecule has 0 bridgehead atoms. The van der Waals surface area contributed by atoms with Gasteiger partial charge in [-0.25, -0.2) is 14.6 Å². The fourth-order valence-electron chi connectivity index (χ4n) is 8.18. The van der Waals surface area contributed by atoms with E-state index in [0.717, 1.165) is 29.7 Å². The molecule has 0 spiro atoms. The molecule has 5 heterocycles. The van der Waals surface area contributed by atoms with Crippen LogP contribution in [0, 0.1) is 0 Å². The number of carbonyl (C=O) groups is 6. The van der Waals surface area contributed by atoms with Gasteiger partial charge < -0.3 is 26.0 Å². The number of para-hydroxylation sites is 1.